The Kier molecular flexibility index (Phi) is 6.51. The lowest BCUT2D eigenvalue weighted by atomic mass is 10.2. The molecule has 2 heterocycles. The van der Waals surface area contributed by atoms with E-state index in [0.717, 1.165) is 16.5 Å². The van der Waals surface area contributed by atoms with Crippen molar-refractivity contribution in [3.63, 3.8) is 0 Å². The highest BCUT2D eigenvalue weighted by atomic mass is 32.2. The number of rotatable bonds is 9. The Morgan fingerprint density at radius 3 is 2.57 bits per heavy atom. The van der Waals surface area contributed by atoms with E-state index in [1.807, 2.05) is 66.1 Å². The molecular weight excluding hydrogens is 398 g/mol. The van der Waals surface area contributed by atoms with Crippen molar-refractivity contribution in [1.29, 1.82) is 0 Å². The number of benzene rings is 2. The van der Waals surface area contributed by atoms with E-state index >= 15 is 0 Å². The second kappa shape index (κ2) is 9.65. The number of aromatic nitrogens is 3. The number of furan rings is 1. The summed E-state index contributed by atoms with van der Waals surface area (Å²) in [4.78, 5) is 0. The number of aryl methyl sites for hydroxylation is 1. The molecule has 2 aromatic heterocycles. The number of hydrogen-bond donors (Lipinski definition) is 1. The lowest BCUT2D eigenvalue weighted by molar-refractivity contribution is 0.126. The molecule has 0 aliphatic heterocycles. The zero-order chi connectivity index (χ0) is 20.8. The van der Waals surface area contributed by atoms with E-state index in [1.54, 1.807) is 6.26 Å². The van der Waals surface area contributed by atoms with E-state index < -0.39 is 6.10 Å². The summed E-state index contributed by atoms with van der Waals surface area (Å²) in [6.07, 6.45) is 0.987. The van der Waals surface area contributed by atoms with Crippen LogP contribution in [0.4, 0.5) is 0 Å². The van der Waals surface area contributed by atoms with Crippen molar-refractivity contribution < 1.29 is 14.3 Å². The third-order valence-corrected chi connectivity index (χ3v) is 5.62. The second-order valence-corrected chi connectivity index (χ2v) is 7.93. The zero-order valence-electron chi connectivity index (χ0n) is 16.6. The van der Waals surface area contributed by atoms with Crippen LogP contribution in [0.15, 0.2) is 82.6 Å². The summed E-state index contributed by atoms with van der Waals surface area (Å²) in [6, 6.07) is 21.6. The van der Waals surface area contributed by atoms with Gasteiger partial charge in [-0.15, -0.1) is 10.2 Å². The van der Waals surface area contributed by atoms with Crippen LogP contribution in [-0.2, 0) is 6.54 Å². The second-order valence-electron chi connectivity index (χ2n) is 6.94. The van der Waals surface area contributed by atoms with Crippen molar-refractivity contribution in [2.24, 2.45) is 0 Å². The summed E-state index contributed by atoms with van der Waals surface area (Å²) >= 11 is 1.45. The first kappa shape index (κ1) is 20.3. The fourth-order valence-corrected chi connectivity index (χ4v) is 3.78. The first-order chi connectivity index (χ1) is 14.7. The number of aliphatic hydroxyl groups is 1. The fourth-order valence-electron chi connectivity index (χ4n) is 2.94. The Balaban J connectivity index is 1.43. The van der Waals surface area contributed by atoms with Crippen molar-refractivity contribution >= 4 is 11.8 Å². The quantitative estimate of drug-likeness (QED) is 0.403. The number of hydrogen-bond acceptors (Lipinski definition) is 6. The fraction of sp³-hybridized carbons (Fsp3) is 0.217. The number of thioether (sulfide) groups is 1. The Morgan fingerprint density at radius 2 is 1.83 bits per heavy atom. The standard InChI is InChI=1S/C23H23N3O3S/c1-17-9-11-20(12-10-17)29-15-19(27)16-30-23-25-24-22(21-8-5-13-28-21)26(23)14-18-6-3-2-4-7-18/h2-13,19,27H,14-16H2,1H3/t19-/m0/s1. The van der Waals surface area contributed by atoms with Crippen molar-refractivity contribution in [2.75, 3.05) is 12.4 Å². The normalized spacial score (nSPS) is 12.1. The molecule has 0 spiro atoms. The van der Waals surface area contributed by atoms with Crippen LogP contribution in [0.25, 0.3) is 11.6 Å². The molecular formula is C23H23N3O3S. The predicted octanol–water partition coefficient (Wildman–Crippen LogP) is 4.43. The van der Waals surface area contributed by atoms with Gasteiger partial charge in [0.05, 0.1) is 18.9 Å². The molecule has 6 nitrogen and oxygen atoms in total. The van der Waals surface area contributed by atoms with Crippen LogP contribution >= 0.6 is 11.8 Å². The molecule has 4 aromatic rings. The molecule has 0 aliphatic rings. The zero-order valence-corrected chi connectivity index (χ0v) is 17.5. The number of ether oxygens (including phenoxy) is 1. The SMILES string of the molecule is Cc1ccc(OC[C@H](O)CSc2nnc(-c3ccco3)n2Cc2ccccc2)cc1. The Labute approximate surface area is 179 Å². The van der Waals surface area contributed by atoms with E-state index in [0.29, 0.717) is 23.9 Å². The van der Waals surface area contributed by atoms with Crippen LogP contribution < -0.4 is 4.74 Å². The molecule has 0 radical (unpaired) electrons. The maximum absolute atomic E-state index is 10.4. The van der Waals surface area contributed by atoms with Crippen molar-refractivity contribution in [3.05, 3.63) is 84.1 Å². The molecule has 0 aliphatic carbocycles. The average molecular weight is 422 g/mol. The third-order valence-electron chi connectivity index (χ3n) is 4.51. The van der Waals surface area contributed by atoms with Gasteiger partial charge in [0.25, 0.3) is 0 Å². The summed E-state index contributed by atoms with van der Waals surface area (Å²) in [7, 11) is 0. The Bertz CT molecular complexity index is 1050. The summed E-state index contributed by atoms with van der Waals surface area (Å²) in [5.41, 5.74) is 2.30. The molecule has 0 bridgehead atoms. The van der Waals surface area contributed by atoms with Gasteiger partial charge in [-0.2, -0.15) is 0 Å². The molecule has 2 aromatic carbocycles. The van der Waals surface area contributed by atoms with Gasteiger partial charge in [-0.3, -0.25) is 4.57 Å². The van der Waals surface area contributed by atoms with Gasteiger partial charge in [-0.25, -0.2) is 0 Å². The van der Waals surface area contributed by atoms with E-state index in [1.165, 1.54) is 17.3 Å². The van der Waals surface area contributed by atoms with Crippen molar-refractivity contribution in [1.82, 2.24) is 14.8 Å². The Hall–Kier alpha value is -3.03. The highest BCUT2D eigenvalue weighted by molar-refractivity contribution is 7.99. The van der Waals surface area contributed by atoms with Crippen LogP contribution in [0.2, 0.25) is 0 Å². The van der Waals surface area contributed by atoms with Crippen LogP contribution in [0, 0.1) is 6.92 Å². The maximum Gasteiger partial charge on any atom is 0.200 e. The van der Waals surface area contributed by atoms with Gasteiger partial charge in [0.2, 0.25) is 5.82 Å². The van der Waals surface area contributed by atoms with E-state index in [4.69, 9.17) is 9.15 Å². The van der Waals surface area contributed by atoms with Crippen LogP contribution in [0.3, 0.4) is 0 Å². The summed E-state index contributed by atoms with van der Waals surface area (Å²) in [5.74, 6) is 2.51. The first-order valence-corrected chi connectivity index (χ1v) is 10.7. The van der Waals surface area contributed by atoms with Gasteiger partial charge in [0.1, 0.15) is 12.4 Å². The lowest BCUT2D eigenvalue weighted by Crippen LogP contribution is -2.20. The molecule has 1 N–H and O–H groups in total. The van der Waals surface area contributed by atoms with Gasteiger partial charge >= 0.3 is 0 Å². The van der Waals surface area contributed by atoms with Gasteiger partial charge in [-0.05, 0) is 36.8 Å². The van der Waals surface area contributed by atoms with Crippen LogP contribution in [-0.4, -0.2) is 38.3 Å². The molecule has 30 heavy (non-hydrogen) atoms. The van der Waals surface area contributed by atoms with Gasteiger partial charge in [0, 0.05) is 5.75 Å². The molecule has 0 saturated heterocycles. The molecule has 1 atom stereocenters. The predicted molar refractivity (Wildman–Crippen MR) is 117 cm³/mol. The average Bonchev–Trinajstić information content (AvgIpc) is 3.43. The van der Waals surface area contributed by atoms with E-state index in [9.17, 15) is 5.11 Å². The third kappa shape index (κ3) is 5.11. The molecule has 7 heteroatoms. The number of aliphatic hydroxyl groups excluding tert-OH is 1. The monoisotopic (exact) mass is 421 g/mol. The molecule has 0 unspecified atom stereocenters. The molecule has 0 fully saturated rings. The largest absolute Gasteiger partial charge is 0.491 e. The summed E-state index contributed by atoms with van der Waals surface area (Å²) < 4.78 is 13.2. The molecule has 0 saturated carbocycles. The van der Waals surface area contributed by atoms with Crippen molar-refractivity contribution in [3.8, 4) is 17.3 Å². The van der Waals surface area contributed by atoms with Crippen LogP contribution in [0.1, 0.15) is 11.1 Å². The van der Waals surface area contributed by atoms with Gasteiger partial charge in [-0.1, -0.05) is 59.8 Å². The minimum Gasteiger partial charge on any atom is -0.491 e. The topological polar surface area (TPSA) is 73.3 Å². The highest BCUT2D eigenvalue weighted by Crippen LogP contribution is 2.26. The summed E-state index contributed by atoms with van der Waals surface area (Å²) in [5, 5.41) is 19.8. The van der Waals surface area contributed by atoms with E-state index in [2.05, 4.69) is 22.3 Å². The van der Waals surface area contributed by atoms with Gasteiger partial charge < -0.3 is 14.3 Å². The van der Waals surface area contributed by atoms with Crippen molar-refractivity contribution in [2.45, 2.75) is 24.7 Å². The molecule has 0 amide bonds. The molecule has 4 rings (SSSR count). The minimum atomic E-state index is -0.634. The minimum absolute atomic E-state index is 0.216. The molecule has 154 valence electrons. The van der Waals surface area contributed by atoms with Gasteiger partial charge in [0.15, 0.2) is 10.9 Å². The summed E-state index contributed by atoms with van der Waals surface area (Å²) in [6.45, 7) is 2.86. The lowest BCUT2D eigenvalue weighted by Gasteiger charge is -2.13. The maximum atomic E-state index is 10.4. The number of nitrogens with zero attached hydrogens (tertiary/aromatic N) is 3. The smallest absolute Gasteiger partial charge is 0.200 e. The van der Waals surface area contributed by atoms with E-state index in [-0.39, 0.29) is 6.61 Å². The Morgan fingerprint density at radius 1 is 1.03 bits per heavy atom. The first-order valence-electron chi connectivity index (χ1n) is 9.70. The van der Waals surface area contributed by atoms with Crippen LogP contribution in [0.5, 0.6) is 5.75 Å². The highest BCUT2D eigenvalue weighted by Gasteiger charge is 2.18.